The van der Waals surface area contributed by atoms with Crippen LogP contribution in [0.15, 0.2) is 38.8 Å². The maximum atomic E-state index is 12.8. The molecule has 6 nitrogen and oxygen atoms in total. The van der Waals surface area contributed by atoms with E-state index in [9.17, 15) is 13.2 Å². The number of carbonyl (C=O) groups excluding carboxylic acids is 1. The molecule has 0 atom stereocenters. The van der Waals surface area contributed by atoms with Gasteiger partial charge in [-0.3, -0.25) is 4.79 Å². The summed E-state index contributed by atoms with van der Waals surface area (Å²) >= 11 is 8.92. The number of carbonyl (C=O) groups is 1. The smallest absolute Gasteiger partial charge is 0.252 e. The average molecular weight is 470 g/mol. The molecule has 154 valence electrons. The highest BCUT2D eigenvalue weighted by Crippen LogP contribution is 2.29. The van der Waals surface area contributed by atoms with Crippen LogP contribution in [0.1, 0.15) is 18.4 Å². The number of aromatic nitrogens is 1. The Hall–Kier alpha value is -1.52. The highest BCUT2D eigenvalue weighted by molar-refractivity contribution is 7.91. The minimum Gasteiger partial charge on any atom is -0.319 e. The van der Waals surface area contributed by atoms with E-state index >= 15 is 0 Å². The molecular formula is C19H20ClN3O3S3. The van der Waals surface area contributed by atoms with Crippen molar-refractivity contribution < 1.29 is 13.2 Å². The van der Waals surface area contributed by atoms with Crippen LogP contribution in [0, 0.1) is 12.8 Å². The summed E-state index contributed by atoms with van der Waals surface area (Å²) in [5, 5.41) is 2.40. The number of halogens is 1. The van der Waals surface area contributed by atoms with Gasteiger partial charge in [0.15, 0.2) is 4.80 Å². The fraction of sp³-hybridized carbons (Fsp3) is 0.368. The van der Waals surface area contributed by atoms with Gasteiger partial charge in [0.25, 0.3) is 15.9 Å². The second-order valence-corrected chi connectivity index (χ2v) is 11.5. The molecule has 1 aromatic carbocycles. The molecule has 1 saturated heterocycles. The number of rotatable bonds is 3. The van der Waals surface area contributed by atoms with E-state index in [2.05, 4.69) is 4.99 Å². The molecule has 0 aliphatic carbocycles. The first kappa shape index (κ1) is 20.7. The first-order valence-electron chi connectivity index (χ1n) is 9.16. The van der Waals surface area contributed by atoms with Crippen molar-refractivity contribution in [2.24, 2.45) is 18.0 Å². The fourth-order valence-electron chi connectivity index (χ4n) is 3.58. The predicted molar refractivity (Wildman–Crippen MR) is 117 cm³/mol. The van der Waals surface area contributed by atoms with Crippen LogP contribution in [0.4, 0.5) is 0 Å². The van der Waals surface area contributed by atoms with Crippen LogP contribution in [-0.4, -0.2) is 36.3 Å². The molecule has 0 radical (unpaired) electrons. The van der Waals surface area contributed by atoms with E-state index < -0.39 is 10.0 Å². The molecule has 1 aliphatic rings. The van der Waals surface area contributed by atoms with Gasteiger partial charge >= 0.3 is 0 Å². The molecule has 1 amide bonds. The van der Waals surface area contributed by atoms with E-state index in [1.165, 1.54) is 27.0 Å². The zero-order chi connectivity index (χ0) is 20.8. The summed E-state index contributed by atoms with van der Waals surface area (Å²) in [5.74, 6) is -0.472. The summed E-state index contributed by atoms with van der Waals surface area (Å²) in [7, 11) is -1.59. The highest BCUT2D eigenvalue weighted by Gasteiger charge is 2.32. The standard InChI is InChI=1S/C19H20ClN3O3S3/c1-12-5-6-14(20)17-16(12)22(2)19(28-17)21-18(24)13-7-9-23(10-8-13)29(25,26)15-4-3-11-27-15/h3-6,11,13H,7-10H2,1-2H3. The normalized spacial score (nSPS) is 17.3. The molecule has 10 heteroatoms. The molecule has 3 aromatic rings. The highest BCUT2D eigenvalue weighted by atomic mass is 35.5. The minimum absolute atomic E-state index is 0.200. The average Bonchev–Trinajstić information content (AvgIpc) is 3.35. The Morgan fingerprint density at radius 3 is 2.59 bits per heavy atom. The maximum Gasteiger partial charge on any atom is 0.252 e. The lowest BCUT2D eigenvalue weighted by molar-refractivity contribution is -0.122. The van der Waals surface area contributed by atoms with Gasteiger partial charge in [0.05, 0.1) is 15.2 Å². The van der Waals surface area contributed by atoms with Crippen LogP contribution in [0.25, 0.3) is 10.2 Å². The molecule has 3 heterocycles. The SMILES string of the molecule is Cc1ccc(Cl)c2sc(=NC(=O)C3CCN(S(=O)(=O)c4cccs4)CC3)n(C)c12. The number of nitrogens with zero attached hydrogens (tertiary/aromatic N) is 3. The fourth-order valence-corrected chi connectivity index (χ4v) is 7.57. The van der Waals surface area contributed by atoms with Crippen molar-refractivity contribution in [3.63, 3.8) is 0 Å². The Bertz CT molecular complexity index is 1230. The maximum absolute atomic E-state index is 12.8. The lowest BCUT2D eigenvalue weighted by Gasteiger charge is -2.29. The van der Waals surface area contributed by atoms with Gasteiger partial charge in [0.2, 0.25) is 0 Å². The molecule has 0 N–H and O–H groups in total. The Morgan fingerprint density at radius 1 is 1.24 bits per heavy atom. The van der Waals surface area contributed by atoms with E-state index in [4.69, 9.17) is 11.6 Å². The van der Waals surface area contributed by atoms with E-state index in [0.717, 1.165) is 15.8 Å². The van der Waals surface area contributed by atoms with Crippen molar-refractivity contribution in [2.75, 3.05) is 13.1 Å². The molecule has 1 aliphatic heterocycles. The molecule has 0 bridgehead atoms. The van der Waals surface area contributed by atoms with E-state index in [1.54, 1.807) is 17.5 Å². The number of amides is 1. The van der Waals surface area contributed by atoms with Gasteiger partial charge in [-0.05, 0) is 42.8 Å². The van der Waals surface area contributed by atoms with Crippen LogP contribution < -0.4 is 4.80 Å². The van der Waals surface area contributed by atoms with Gasteiger partial charge < -0.3 is 4.57 Å². The third kappa shape index (κ3) is 3.82. The quantitative estimate of drug-likeness (QED) is 0.585. The summed E-state index contributed by atoms with van der Waals surface area (Å²) < 4.78 is 29.9. The second-order valence-electron chi connectivity index (χ2n) is 7.05. The monoisotopic (exact) mass is 469 g/mol. The summed E-state index contributed by atoms with van der Waals surface area (Å²) in [5.41, 5.74) is 2.05. The predicted octanol–water partition coefficient (Wildman–Crippen LogP) is 3.79. The molecule has 1 fully saturated rings. The zero-order valence-electron chi connectivity index (χ0n) is 16.0. The number of benzene rings is 1. The van der Waals surface area contributed by atoms with Crippen molar-refractivity contribution in [3.8, 4) is 0 Å². The summed E-state index contributed by atoms with van der Waals surface area (Å²) in [6.45, 7) is 2.66. The number of thiophene rings is 1. The number of sulfonamides is 1. The third-order valence-electron chi connectivity index (χ3n) is 5.20. The van der Waals surface area contributed by atoms with Gasteiger partial charge in [-0.15, -0.1) is 11.3 Å². The number of piperidine rings is 1. The lowest BCUT2D eigenvalue weighted by atomic mass is 9.98. The molecule has 29 heavy (non-hydrogen) atoms. The molecule has 0 saturated carbocycles. The minimum atomic E-state index is -3.47. The Balaban J connectivity index is 1.54. The van der Waals surface area contributed by atoms with Gasteiger partial charge in [0.1, 0.15) is 4.21 Å². The van der Waals surface area contributed by atoms with E-state index in [1.807, 2.05) is 30.7 Å². The Kier molecular flexibility index (Phi) is 5.69. The largest absolute Gasteiger partial charge is 0.319 e. The number of hydrogen-bond donors (Lipinski definition) is 0. The molecule has 2 aromatic heterocycles. The second kappa shape index (κ2) is 7.96. The third-order valence-corrected chi connectivity index (χ3v) is 10.1. The Morgan fingerprint density at radius 2 is 1.97 bits per heavy atom. The number of aryl methyl sites for hydroxylation is 2. The number of hydrogen-bond acceptors (Lipinski definition) is 5. The van der Waals surface area contributed by atoms with Crippen molar-refractivity contribution in [2.45, 2.75) is 24.0 Å². The van der Waals surface area contributed by atoms with Crippen LogP contribution in [0.2, 0.25) is 5.02 Å². The van der Waals surface area contributed by atoms with Crippen molar-refractivity contribution in [1.82, 2.24) is 8.87 Å². The topological polar surface area (TPSA) is 71.7 Å². The Labute approximate surface area is 182 Å². The van der Waals surface area contributed by atoms with Gasteiger partial charge in [0, 0.05) is 26.1 Å². The lowest BCUT2D eigenvalue weighted by Crippen LogP contribution is -2.40. The van der Waals surface area contributed by atoms with Crippen molar-refractivity contribution in [3.05, 3.63) is 45.0 Å². The molecule has 4 rings (SSSR count). The van der Waals surface area contributed by atoms with Crippen LogP contribution in [0.3, 0.4) is 0 Å². The molecule has 0 unspecified atom stereocenters. The van der Waals surface area contributed by atoms with Crippen LogP contribution in [-0.2, 0) is 21.9 Å². The van der Waals surface area contributed by atoms with Gasteiger partial charge in [-0.25, -0.2) is 8.42 Å². The summed E-state index contributed by atoms with van der Waals surface area (Å²) in [6.07, 6.45) is 0.947. The number of thiazole rings is 1. The van der Waals surface area contributed by atoms with Crippen molar-refractivity contribution in [1.29, 1.82) is 0 Å². The molecular weight excluding hydrogens is 450 g/mol. The van der Waals surface area contributed by atoms with E-state index in [0.29, 0.717) is 40.0 Å². The summed E-state index contributed by atoms with van der Waals surface area (Å²) in [6, 6.07) is 7.14. The first-order chi connectivity index (χ1) is 13.8. The van der Waals surface area contributed by atoms with Crippen LogP contribution >= 0.6 is 34.3 Å². The van der Waals surface area contributed by atoms with Crippen molar-refractivity contribution >= 4 is 60.4 Å². The number of fused-ring (bicyclic) bond motifs is 1. The summed E-state index contributed by atoms with van der Waals surface area (Å²) in [4.78, 5) is 17.7. The first-order valence-corrected chi connectivity index (χ1v) is 12.7. The van der Waals surface area contributed by atoms with Crippen LogP contribution in [0.5, 0.6) is 0 Å². The van der Waals surface area contributed by atoms with Gasteiger partial charge in [-0.2, -0.15) is 9.30 Å². The molecule has 0 spiro atoms. The zero-order valence-corrected chi connectivity index (χ0v) is 19.2. The van der Waals surface area contributed by atoms with E-state index in [-0.39, 0.29) is 11.8 Å². The van der Waals surface area contributed by atoms with Gasteiger partial charge in [-0.1, -0.05) is 35.1 Å².